The van der Waals surface area contributed by atoms with Gasteiger partial charge in [0.2, 0.25) is 0 Å². The van der Waals surface area contributed by atoms with Crippen LogP contribution in [0.1, 0.15) is 58.2 Å². The van der Waals surface area contributed by atoms with Crippen molar-refractivity contribution in [1.29, 1.82) is 0 Å². The number of fused-ring (bicyclic) bond motifs is 1. The first-order valence-corrected chi connectivity index (χ1v) is 10.2. The zero-order valence-corrected chi connectivity index (χ0v) is 18.8. The number of carbonyl (C=O) groups excluding carboxylic acids is 2. The molecule has 0 saturated heterocycles. The van der Waals surface area contributed by atoms with Crippen molar-refractivity contribution in [1.82, 2.24) is 10.4 Å². The number of carbonyl (C=O) groups is 2. The standard InChI is InChI=1S/C24H29FN2O4/c1-14-9-15(2)11-17(10-14)23(29)27(24(4,5)6)26-22(28)19-7-8-20-21(16(19)3)31-18(12-25)13-30-20/h7-11,18H,12-13H2,1-6H3,(H,26,28)/t18-/m0/s1. The summed E-state index contributed by atoms with van der Waals surface area (Å²) in [4.78, 5) is 26.4. The number of hydrazine groups is 1. The van der Waals surface area contributed by atoms with Crippen molar-refractivity contribution < 1.29 is 23.5 Å². The topological polar surface area (TPSA) is 67.9 Å². The fourth-order valence-corrected chi connectivity index (χ4v) is 3.54. The minimum absolute atomic E-state index is 0.122. The Morgan fingerprint density at radius 2 is 1.77 bits per heavy atom. The lowest BCUT2D eigenvalue weighted by Crippen LogP contribution is -2.56. The van der Waals surface area contributed by atoms with Gasteiger partial charge in [0, 0.05) is 16.7 Å². The van der Waals surface area contributed by atoms with Crippen molar-refractivity contribution in [3.63, 3.8) is 0 Å². The largest absolute Gasteiger partial charge is 0.486 e. The first-order valence-electron chi connectivity index (χ1n) is 10.2. The smallest absolute Gasteiger partial charge is 0.272 e. The highest BCUT2D eigenvalue weighted by atomic mass is 19.1. The lowest BCUT2D eigenvalue weighted by Gasteiger charge is -2.36. The molecule has 0 unspecified atom stereocenters. The molecule has 7 heteroatoms. The molecular weight excluding hydrogens is 399 g/mol. The molecule has 1 aliphatic heterocycles. The Labute approximate surface area is 182 Å². The van der Waals surface area contributed by atoms with Crippen molar-refractivity contribution in [2.45, 2.75) is 53.2 Å². The number of nitrogens with one attached hydrogen (secondary N) is 1. The normalized spacial score (nSPS) is 15.4. The highest BCUT2D eigenvalue weighted by molar-refractivity contribution is 6.00. The Bertz CT molecular complexity index is 993. The highest BCUT2D eigenvalue weighted by Crippen LogP contribution is 2.37. The quantitative estimate of drug-likeness (QED) is 0.740. The fraction of sp³-hybridized carbons (Fsp3) is 0.417. The lowest BCUT2D eigenvalue weighted by molar-refractivity contribution is 0.0357. The molecule has 6 nitrogen and oxygen atoms in total. The predicted molar refractivity (Wildman–Crippen MR) is 116 cm³/mol. The Balaban J connectivity index is 1.91. The molecule has 1 heterocycles. The van der Waals surface area contributed by atoms with E-state index < -0.39 is 24.2 Å². The summed E-state index contributed by atoms with van der Waals surface area (Å²) in [7, 11) is 0. The van der Waals surface area contributed by atoms with Gasteiger partial charge in [0.1, 0.15) is 13.3 Å². The Hall–Kier alpha value is -3.09. The van der Waals surface area contributed by atoms with Crippen LogP contribution >= 0.6 is 0 Å². The van der Waals surface area contributed by atoms with E-state index >= 15 is 0 Å². The molecule has 0 radical (unpaired) electrons. The molecule has 2 aromatic rings. The number of hydrogen-bond acceptors (Lipinski definition) is 4. The van der Waals surface area contributed by atoms with E-state index in [-0.39, 0.29) is 12.5 Å². The van der Waals surface area contributed by atoms with Crippen LogP contribution in [0.25, 0.3) is 0 Å². The second-order valence-corrected chi connectivity index (χ2v) is 8.90. The van der Waals surface area contributed by atoms with Crippen molar-refractivity contribution in [2.24, 2.45) is 0 Å². The minimum Gasteiger partial charge on any atom is -0.486 e. The molecule has 1 aliphatic rings. The van der Waals surface area contributed by atoms with E-state index in [2.05, 4.69) is 5.43 Å². The molecule has 0 aliphatic carbocycles. The molecular formula is C24H29FN2O4. The Morgan fingerprint density at radius 1 is 1.13 bits per heavy atom. The number of alkyl halides is 1. The number of ether oxygens (including phenoxy) is 2. The van der Waals surface area contributed by atoms with E-state index in [4.69, 9.17) is 9.47 Å². The SMILES string of the molecule is Cc1cc(C)cc(C(=O)N(NC(=O)c2ccc3c(c2C)O[C@@H](CF)CO3)C(C)(C)C)c1. The van der Waals surface area contributed by atoms with Crippen LogP contribution < -0.4 is 14.9 Å². The average molecular weight is 429 g/mol. The van der Waals surface area contributed by atoms with Gasteiger partial charge in [0.05, 0.1) is 5.54 Å². The third-order valence-corrected chi connectivity index (χ3v) is 5.05. The molecule has 3 rings (SSSR count). The summed E-state index contributed by atoms with van der Waals surface area (Å²) < 4.78 is 24.2. The number of rotatable bonds is 3. The molecule has 0 bridgehead atoms. The van der Waals surface area contributed by atoms with Gasteiger partial charge in [-0.05, 0) is 65.8 Å². The Kier molecular flexibility index (Phi) is 6.25. The van der Waals surface area contributed by atoms with Crippen molar-refractivity contribution >= 4 is 11.8 Å². The van der Waals surface area contributed by atoms with Gasteiger partial charge >= 0.3 is 0 Å². The number of amides is 2. The summed E-state index contributed by atoms with van der Waals surface area (Å²) in [6.45, 7) is 10.5. The zero-order valence-electron chi connectivity index (χ0n) is 18.8. The van der Waals surface area contributed by atoms with Crippen LogP contribution in [0.4, 0.5) is 4.39 Å². The van der Waals surface area contributed by atoms with Crippen LogP contribution in [-0.4, -0.2) is 41.7 Å². The van der Waals surface area contributed by atoms with E-state index in [0.717, 1.165) is 11.1 Å². The van der Waals surface area contributed by atoms with Gasteiger partial charge in [-0.3, -0.25) is 15.0 Å². The number of nitrogens with zero attached hydrogens (tertiary/aromatic N) is 1. The molecule has 31 heavy (non-hydrogen) atoms. The van der Waals surface area contributed by atoms with Gasteiger partial charge in [-0.1, -0.05) is 17.2 Å². The summed E-state index contributed by atoms with van der Waals surface area (Å²) in [5.74, 6) is 0.0569. The second-order valence-electron chi connectivity index (χ2n) is 8.90. The molecule has 2 amide bonds. The molecule has 0 saturated carbocycles. The van der Waals surface area contributed by atoms with Crippen LogP contribution in [-0.2, 0) is 0 Å². The van der Waals surface area contributed by atoms with Gasteiger partial charge in [-0.25, -0.2) is 9.40 Å². The zero-order chi connectivity index (χ0) is 22.9. The summed E-state index contributed by atoms with van der Waals surface area (Å²) >= 11 is 0. The number of benzene rings is 2. The van der Waals surface area contributed by atoms with Gasteiger partial charge < -0.3 is 9.47 Å². The highest BCUT2D eigenvalue weighted by Gasteiger charge is 2.31. The summed E-state index contributed by atoms with van der Waals surface area (Å²) in [6, 6.07) is 8.82. The number of aryl methyl sites for hydroxylation is 2. The van der Waals surface area contributed by atoms with Crippen LogP contribution in [0.3, 0.4) is 0 Å². The fourth-order valence-electron chi connectivity index (χ4n) is 3.54. The first kappa shape index (κ1) is 22.6. The van der Waals surface area contributed by atoms with Crippen molar-refractivity contribution in [3.05, 3.63) is 58.1 Å². The minimum atomic E-state index is -0.707. The van der Waals surface area contributed by atoms with E-state index in [0.29, 0.717) is 28.2 Å². The number of hydrogen-bond donors (Lipinski definition) is 1. The maximum absolute atomic E-state index is 13.3. The molecule has 1 atom stereocenters. The molecule has 1 N–H and O–H groups in total. The van der Waals surface area contributed by atoms with Gasteiger partial charge in [0.15, 0.2) is 17.6 Å². The van der Waals surface area contributed by atoms with Crippen LogP contribution in [0, 0.1) is 20.8 Å². The molecule has 0 spiro atoms. The van der Waals surface area contributed by atoms with Crippen LogP contribution in [0.15, 0.2) is 30.3 Å². The van der Waals surface area contributed by atoms with Gasteiger partial charge in [-0.15, -0.1) is 0 Å². The molecule has 0 fully saturated rings. The van der Waals surface area contributed by atoms with E-state index in [1.807, 2.05) is 40.7 Å². The average Bonchev–Trinajstić information content (AvgIpc) is 2.70. The molecule has 0 aromatic heterocycles. The maximum atomic E-state index is 13.3. The predicted octanol–water partition coefficient (Wildman–Crippen LogP) is 4.31. The van der Waals surface area contributed by atoms with E-state index in [1.165, 1.54) is 5.01 Å². The first-order chi connectivity index (χ1) is 14.5. The summed E-state index contributed by atoms with van der Waals surface area (Å²) in [6.07, 6.45) is -0.707. The second kappa shape index (κ2) is 8.57. The maximum Gasteiger partial charge on any atom is 0.272 e. The lowest BCUT2D eigenvalue weighted by atomic mass is 10.0. The van der Waals surface area contributed by atoms with Gasteiger partial charge in [-0.2, -0.15) is 0 Å². The molecule has 2 aromatic carbocycles. The van der Waals surface area contributed by atoms with Crippen molar-refractivity contribution in [2.75, 3.05) is 13.3 Å². The van der Waals surface area contributed by atoms with Gasteiger partial charge in [0.25, 0.3) is 11.8 Å². The van der Waals surface area contributed by atoms with E-state index in [1.54, 1.807) is 31.2 Å². The summed E-state index contributed by atoms with van der Waals surface area (Å²) in [5, 5.41) is 1.34. The molecule has 166 valence electrons. The van der Waals surface area contributed by atoms with Crippen molar-refractivity contribution in [3.8, 4) is 11.5 Å². The van der Waals surface area contributed by atoms with Crippen LogP contribution in [0.5, 0.6) is 11.5 Å². The van der Waals surface area contributed by atoms with E-state index in [9.17, 15) is 14.0 Å². The monoisotopic (exact) mass is 428 g/mol. The van der Waals surface area contributed by atoms with Crippen LogP contribution in [0.2, 0.25) is 0 Å². The third kappa shape index (κ3) is 4.81. The third-order valence-electron chi connectivity index (χ3n) is 5.05. The Morgan fingerprint density at radius 3 is 2.35 bits per heavy atom. The number of halogens is 1. The summed E-state index contributed by atoms with van der Waals surface area (Å²) in [5.41, 5.74) is 5.36.